The summed E-state index contributed by atoms with van der Waals surface area (Å²) in [6.07, 6.45) is 9.93. The van der Waals surface area contributed by atoms with Crippen LogP contribution >= 0.6 is 35.6 Å². The second kappa shape index (κ2) is 12.0. The lowest BCUT2D eigenvalue weighted by Crippen LogP contribution is -2.29. The summed E-state index contributed by atoms with van der Waals surface area (Å²) in [7, 11) is 0. The van der Waals surface area contributed by atoms with E-state index in [1.54, 1.807) is 41.4 Å². The fourth-order valence-electron chi connectivity index (χ4n) is 4.00. The Morgan fingerprint density at radius 3 is 2.61 bits per heavy atom. The van der Waals surface area contributed by atoms with Gasteiger partial charge in [0.15, 0.2) is 0 Å². The van der Waals surface area contributed by atoms with Gasteiger partial charge in [0.2, 0.25) is 5.88 Å². The molecule has 0 bridgehead atoms. The van der Waals surface area contributed by atoms with Crippen LogP contribution in [-0.2, 0) is 4.79 Å². The van der Waals surface area contributed by atoms with Gasteiger partial charge in [-0.3, -0.25) is 18.9 Å². The minimum absolute atomic E-state index is 0.0867. The summed E-state index contributed by atoms with van der Waals surface area (Å²) in [5.74, 6) is 0.258. The first kappa shape index (κ1) is 26.4. The van der Waals surface area contributed by atoms with Crippen molar-refractivity contribution in [2.24, 2.45) is 0 Å². The van der Waals surface area contributed by atoms with E-state index in [1.807, 2.05) is 13.0 Å². The Bertz CT molecular complexity index is 1390. The number of ether oxygens (including phenoxy) is 1. The van der Waals surface area contributed by atoms with Crippen LogP contribution in [0, 0.1) is 6.92 Å². The highest BCUT2D eigenvalue weighted by atomic mass is 35.5. The number of unbranched alkanes of at least 4 members (excludes halogenated alkanes) is 5. The molecule has 3 aromatic rings. The van der Waals surface area contributed by atoms with Gasteiger partial charge in [-0.05, 0) is 43.2 Å². The van der Waals surface area contributed by atoms with Gasteiger partial charge in [-0.15, -0.1) is 0 Å². The van der Waals surface area contributed by atoms with Crippen molar-refractivity contribution in [3.05, 3.63) is 74.0 Å². The first-order valence-corrected chi connectivity index (χ1v) is 13.7. The number of thioether (sulfide) groups is 1. The van der Waals surface area contributed by atoms with Crippen molar-refractivity contribution in [2.75, 3.05) is 6.54 Å². The summed E-state index contributed by atoms with van der Waals surface area (Å²) in [5.41, 5.74) is 1.11. The Morgan fingerprint density at radius 1 is 1.08 bits per heavy atom. The van der Waals surface area contributed by atoms with Crippen LogP contribution in [-0.4, -0.2) is 31.1 Å². The second-order valence-electron chi connectivity index (χ2n) is 8.65. The van der Waals surface area contributed by atoms with Crippen molar-refractivity contribution in [3.63, 3.8) is 0 Å². The van der Waals surface area contributed by atoms with Crippen LogP contribution in [0.5, 0.6) is 11.6 Å². The number of aromatic nitrogens is 2. The molecule has 0 aliphatic carbocycles. The van der Waals surface area contributed by atoms with Crippen molar-refractivity contribution in [1.82, 2.24) is 14.3 Å². The van der Waals surface area contributed by atoms with Crippen molar-refractivity contribution in [2.45, 2.75) is 52.4 Å². The maximum Gasteiger partial charge on any atom is 0.269 e. The molecule has 1 aliphatic heterocycles. The number of carbonyl (C=O) groups is 1. The van der Waals surface area contributed by atoms with E-state index in [1.165, 1.54) is 41.5 Å². The number of halogens is 1. The standard InChI is InChI=1S/C27H28ClN3O3S2/c1-3-4-5-6-7-10-15-31-26(33)22(36-27(31)35)17-19-24(34-21-14-9-8-13-20(21)28)29-23-18(2)12-11-16-30(23)25(19)32/h8-9,11-14,16-17H,3-7,10,15H2,1-2H3/b22-17+. The molecule has 1 amide bonds. The minimum atomic E-state index is -0.341. The van der Waals surface area contributed by atoms with Crippen LogP contribution in [0.25, 0.3) is 11.7 Å². The van der Waals surface area contributed by atoms with Gasteiger partial charge in [0.25, 0.3) is 11.5 Å². The van der Waals surface area contributed by atoms with Crippen molar-refractivity contribution < 1.29 is 9.53 Å². The lowest BCUT2D eigenvalue weighted by Gasteiger charge is -2.14. The first-order valence-electron chi connectivity index (χ1n) is 12.1. The van der Waals surface area contributed by atoms with Gasteiger partial charge in [-0.25, -0.2) is 0 Å². The van der Waals surface area contributed by atoms with E-state index in [9.17, 15) is 9.59 Å². The maximum atomic E-state index is 13.5. The molecule has 1 fully saturated rings. The molecular formula is C27H28ClN3O3S2. The summed E-state index contributed by atoms with van der Waals surface area (Å²) >= 11 is 13.0. The first-order chi connectivity index (χ1) is 17.4. The number of hydrogen-bond donors (Lipinski definition) is 0. The second-order valence-corrected chi connectivity index (χ2v) is 10.7. The molecule has 0 N–H and O–H groups in total. The Kier molecular flexibility index (Phi) is 8.82. The summed E-state index contributed by atoms with van der Waals surface area (Å²) in [6.45, 7) is 4.63. The molecule has 6 nitrogen and oxygen atoms in total. The molecule has 3 heterocycles. The number of pyridine rings is 1. The molecule has 188 valence electrons. The molecule has 0 radical (unpaired) electrons. The summed E-state index contributed by atoms with van der Waals surface area (Å²) < 4.78 is 7.98. The van der Waals surface area contributed by atoms with Gasteiger partial charge in [0.05, 0.1) is 9.93 Å². The van der Waals surface area contributed by atoms with Crippen molar-refractivity contribution >= 4 is 57.5 Å². The lowest BCUT2D eigenvalue weighted by atomic mass is 10.1. The van der Waals surface area contributed by atoms with E-state index in [0.717, 1.165) is 24.8 Å². The zero-order chi connectivity index (χ0) is 25.7. The predicted molar refractivity (Wildman–Crippen MR) is 151 cm³/mol. The van der Waals surface area contributed by atoms with Crippen LogP contribution in [0.4, 0.5) is 0 Å². The zero-order valence-electron chi connectivity index (χ0n) is 20.3. The van der Waals surface area contributed by atoms with Crippen LogP contribution < -0.4 is 10.3 Å². The van der Waals surface area contributed by atoms with Crippen LogP contribution in [0.15, 0.2) is 52.3 Å². The topological polar surface area (TPSA) is 63.9 Å². The number of thiocarbonyl (C=S) groups is 1. The van der Waals surface area contributed by atoms with Gasteiger partial charge < -0.3 is 4.74 Å². The highest BCUT2D eigenvalue weighted by Gasteiger charge is 2.32. The van der Waals surface area contributed by atoms with Gasteiger partial charge in [0, 0.05) is 12.7 Å². The fraction of sp³-hybridized carbons (Fsp3) is 0.333. The van der Waals surface area contributed by atoms with E-state index in [2.05, 4.69) is 11.9 Å². The van der Waals surface area contributed by atoms with Gasteiger partial charge in [0.1, 0.15) is 21.3 Å². The molecule has 0 saturated carbocycles. The number of benzene rings is 1. The Balaban J connectivity index is 1.67. The normalized spacial score (nSPS) is 14.9. The van der Waals surface area contributed by atoms with Crippen LogP contribution in [0.2, 0.25) is 5.02 Å². The number of hydrogen-bond acceptors (Lipinski definition) is 6. The number of fused-ring (bicyclic) bond motifs is 1. The molecule has 9 heteroatoms. The molecule has 36 heavy (non-hydrogen) atoms. The lowest BCUT2D eigenvalue weighted by molar-refractivity contribution is -0.122. The van der Waals surface area contributed by atoms with E-state index in [0.29, 0.717) is 32.2 Å². The van der Waals surface area contributed by atoms with Crippen molar-refractivity contribution in [3.8, 4) is 11.6 Å². The van der Waals surface area contributed by atoms with E-state index in [-0.39, 0.29) is 22.9 Å². The summed E-state index contributed by atoms with van der Waals surface area (Å²) in [5, 5.41) is 0.389. The number of carbonyl (C=O) groups excluding carboxylic acids is 1. The SMILES string of the molecule is CCCCCCCCN1C(=O)/C(=C\c2c(Oc3ccccc3Cl)nc3c(C)cccn3c2=O)SC1=S. The molecule has 0 spiro atoms. The number of amides is 1. The summed E-state index contributed by atoms with van der Waals surface area (Å²) in [4.78, 5) is 33.4. The van der Waals surface area contributed by atoms with Gasteiger partial charge in [-0.2, -0.15) is 4.98 Å². The number of nitrogens with zero attached hydrogens (tertiary/aromatic N) is 3. The molecule has 4 rings (SSSR count). The third kappa shape index (κ3) is 5.82. The van der Waals surface area contributed by atoms with E-state index in [4.69, 9.17) is 28.6 Å². The summed E-state index contributed by atoms with van der Waals surface area (Å²) in [6, 6.07) is 10.6. The average Bonchev–Trinajstić information content (AvgIpc) is 3.13. The molecule has 0 unspecified atom stereocenters. The van der Waals surface area contributed by atoms with Gasteiger partial charge in [-0.1, -0.05) is 92.8 Å². The van der Waals surface area contributed by atoms with Crippen molar-refractivity contribution in [1.29, 1.82) is 0 Å². The quantitative estimate of drug-likeness (QED) is 0.156. The van der Waals surface area contributed by atoms with Crippen LogP contribution in [0.1, 0.15) is 56.6 Å². The van der Waals surface area contributed by atoms with E-state index < -0.39 is 0 Å². The fourth-order valence-corrected chi connectivity index (χ4v) is 5.46. The number of para-hydroxylation sites is 1. The monoisotopic (exact) mass is 541 g/mol. The number of aryl methyl sites for hydroxylation is 1. The molecule has 1 saturated heterocycles. The molecule has 1 aromatic carbocycles. The third-order valence-corrected chi connectivity index (χ3v) is 7.67. The highest BCUT2D eigenvalue weighted by Crippen LogP contribution is 2.35. The molecule has 0 atom stereocenters. The smallest absolute Gasteiger partial charge is 0.269 e. The Labute approximate surface area is 225 Å². The third-order valence-electron chi connectivity index (χ3n) is 5.98. The van der Waals surface area contributed by atoms with E-state index >= 15 is 0 Å². The molecular weight excluding hydrogens is 514 g/mol. The Morgan fingerprint density at radius 2 is 1.83 bits per heavy atom. The zero-order valence-corrected chi connectivity index (χ0v) is 22.7. The van der Waals surface area contributed by atoms with Gasteiger partial charge >= 0.3 is 0 Å². The number of rotatable bonds is 10. The minimum Gasteiger partial charge on any atom is -0.437 e. The maximum absolute atomic E-state index is 13.5. The molecule has 1 aliphatic rings. The molecule has 2 aromatic heterocycles. The predicted octanol–water partition coefficient (Wildman–Crippen LogP) is 7.01. The Hall–Kier alpha value is -2.68. The largest absolute Gasteiger partial charge is 0.437 e. The van der Waals surface area contributed by atoms with Crippen LogP contribution in [0.3, 0.4) is 0 Å². The average molecular weight is 542 g/mol. The highest BCUT2D eigenvalue weighted by molar-refractivity contribution is 8.26.